The summed E-state index contributed by atoms with van der Waals surface area (Å²) < 4.78 is 15.0. The lowest BCUT2D eigenvalue weighted by molar-refractivity contribution is 0.479. The van der Waals surface area contributed by atoms with E-state index in [0.717, 1.165) is 5.56 Å². The van der Waals surface area contributed by atoms with Crippen molar-refractivity contribution < 1.29 is 9.50 Å². The zero-order chi connectivity index (χ0) is 14.1. The van der Waals surface area contributed by atoms with Crippen molar-refractivity contribution in [3.05, 3.63) is 59.8 Å². The molecule has 3 rings (SSSR count). The number of hydrogen-bond donors (Lipinski definition) is 1. The lowest BCUT2D eigenvalue weighted by atomic mass is 10.2. The van der Waals surface area contributed by atoms with Crippen LogP contribution in [0.3, 0.4) is 0 Å². The van der Waals surface area contributed by atoms with Crippen LogP contribution in [0.25, 0.3) is 10.9 Å². The van der Waals surface area contributed by atoms with Crippen LogP contribution in [0.4, 0.5) is 4.39 Å². The highest BCUT2D eigenvalue weighted by Crippen LogP contribution is 2.27. The average Bonchev–Trinajstić information content (AvgIpc) is 2.84. The molecular weight excluding hydrogens is 257 g/mol. The van der Waals surface area contributed by atoms with Crippen molar-refractivity contribution in [2.45, 2.75) is 6.54 Å². The Labute approximate surface area is 114 Å². The molecule has 0 unspecified atom stereocenters. The van der Waals surface area contributed by atoms with E-state index >= 15 is 0 Å². The number of nitriles is 1. The molecular formula is C15H10FN3O. The van der Waals surface area contributed by atoms with Crippen LogP contribution >= 0.6 is 0 Å². The van der Waals surface area contributed by atoms with Crippen molar-refractivity contribution in [3.63, 3.8) is 0 Å². The third kappa shape index (κ3) is 1.97. The largest absolute Gasteiger partial charge is 0.506 e. The van der Waals surface area contributed by atoms with Gasteiger partial charge in [-0.1, -0.05) is 12.1 Å². The summed E-state index contributed by atoms with van der Waals surface area (Å²) in [6, 6.07) is 9.98. The molecule has 1 aromatic carbocycles. The highest BCUT2D eigenvalue weighted by molar-refractivity contribution is 5.89. The molecule has 1 N–H and O–H groups in total. The Bertz CT molecular complexity index is 833. The predicted molar refractivity (Wildman–Crippen MR) is 71.6 cm³/mol. The molecule has 0 spiro atoms. The minimum Gasteiger partial charge on any atom is -0.506 e. The van der Waals surface area contributed by atoms with Gasteiger partial charge in [0, 0.05) is 18.1 Å². The Balaban J connectivity index is 2.13. The number of aromatic hydroxyl groups is 1. The third-order valence-electron chi connectivity index (χ3n) is 3.13. The highest BCUT2D eigenvalue weighted by Gasteiger charge is 2.12. The maximum atomic E-state index is 13.2. The van der Waals surface area contributed by atoms with E-state index in [-0.39, 0.29) is 17.3 Å². The molecule has 0 radical (unpaired) electrons. The Hall–Kier alpha value is -2.87. The Morgan fingerprint density at radius 3 is 2.95 bits per heavy atom. The van der Waals surface area contributed by atoms with Crippen LogP contribution in [-0.2, 0) is 6.54 Å². The zero-order valence-corrected chi connectivity index (χ0v) is 10.4. The third-order valence-corrected chi connectivity index (χ3v) is 3.13. The van der Waals surface area contributed by atoms with Crippen molar-refractivity contribution in [1.29, 1.82) is 5.26 Å². The quantitative estimate of drug-likeness (QED) is 0.776. The molecule has 0 bridgehead atoms. The van der Waals surface area contributed by atoms with E-state index in [1.165, 1.54) is 18.3 Å². The van der Waals surface area contributed by atoms with Crippen molar-refractivity contribution in [1.82, 2.24) is 9.55 Å². The molecule has 20 heavy (non-hydrogen) atoms. The van der Waals surface area contributed by atoms with Crippen molar-refractivity contribution >= 4 is 10.9 Å². The van der Waals surface area contributed by atoms with Crippen molar-refractivity contribution in [3.8, 4) is 11.8 Å². The van der Waals surface area contributed by atoms with Crippen LogP contribution in [0.1, 0.15) is 11.3 Å². The summed E-state index contributed by atoms with van der Waals surface area (Å²) in [5.74, 6) is -0.280. The maximum Gasteiger partial charge on any atom is 0.165 e. The van der Waals surface area contributed by atoms with Crippen LogP contribution in [-0.4, -0.2) is 14.7 Å². The fraction of sp³-hybridized carbons (Fsp3) is 0.0667. The summed E-state index contributed by atoms with van der Waals surface area (Å²) in [6.45, 7) is 0.404. The average molecular weight is 267 g/mol. The second kappa shape index (κ2) is 4.67. The number of hydrogen-bond acceptors (Lipinski definition) is 3. The summed E-state index contributed by atoms with van der Waals surface area (Å²) in [4.78, 5) is 3.91. The minimum absolute atomic E-state index is 0.0250. The van der Waals surface area contributed by atoms with Crippen molar-refractivity contribution in [2.24, 2.45) is 0 Å². The summed E-state index contributed by atoms with van der Waals surface area (Å²) in [6.07, 6.45) is 3.01. The van der Waals surface area contributed by atoms with E-state index in [4.69, 9.17) is 5.26 Å². The first-order valence-corrected chi connectivity index (χ1v) is 6.00. The predicted octanol–water partition coefficient (Wildman–Crippen LogP) is 2.80. The lowest BCUT2D eigenvalue weighted by Crippen LogP contribution is -2.00. The van der Waals surface area contributed by atoms with Gasteiger partial charge in [0.2, 0.25) is 0 Å². The van der Waals surface area contributed by atoms with E-state index in [1.807, 2.05) is 6.07 Å². The SMILES string of the molecule is N#Cc1ncc(O)c2ccn(Cc3cccc(F)c3)c12. The smallest absolute Gasteiger partial charge is 0.165 e. The normalized spacial score (nSPS) is 10.6. The minimum atomic E-state index is -0.305. The Morgan fingerprint density at radius 2 is 2.20 bits per heavy atom. The topological polar surface area (TPSA) is 61.8 Å². The molecule has 4 nitrogen and oxygen atoms in total. The molecule has 2 aromatic heterocycles. The summed E-state index contributed by atoms with van der Waals surface area (Å²) >= 11 is 0. The molecule has 3 aromatic rings. The first kappa shape index (κ1) is 12.2. The van der Waals surface area contributed by atoms with Gasteiger partial charge < -0.3 is 9.67 Å². The molecule has 5 heteroatoms. The van der Waals surface area contributed by atoms with E-state index in [1.54, 1.807) is 29.0 Å². The van der Waals surface area contributed by atoms with Gasteiger partial charge in [-0.3, -0.25) is 0 Å². The van der Waals surface area contributed by atoms with Crippen molar-refractivity contribution in [2.75, 3.05) is 0 Å². The van der Waals surface area contributed by atoms with Crippen LogP contribution in [0, 0.1) is 17.1 Å². The van der Waals surface area contributed by atoms with Gasteiger partial charge in [0.05, 0.1) is 11.7 Å². The fourth-order valence-electron chi connectivity index (χ4n) is 2.24. The molecule has 0 atom stereocenters. The van der Waals surface area contributed by atoms with Crippen LogP contribution in [0.2, 0.25) is 0 Å². The van der Waals surface area contributed by atoms with Gasteiger partial charge in [0.15, 0.2) is 5.69 Å². The molecule has 0 amide bonds. The van der Waals surface area contributed by atoms with E-state index in [9.17, 15) is 9.50 Å². The maximum absolute atomic E-state index is 13.2. The van der Waals surface area contributed by atoms with Gasteiger partial charge in [-0.05, 0) is 23.8 Å². The van der Waals surface area contributed by atoms with Gasteiger partial charge in [0.25, 0.3) is 0 Å². The Morgan fingerprint density at radius 1 is 1.35 bits per heavy atom. The highest BCUT2D eigenvalue weighted by atomic mass is 19.1. The van der Waals surface area contributed by atoms with E-state index in [0.29, 0.717) is 17.4 Å². The standard InChI is InChI=1S/C15H10FN3O/c16-11-3-1-2-10(6-11)9-19-5-4-12-14(20)8-18-13(7-17)15(12)19/h1-6,8,20H,9H2. The number of aromatic nitrogens is 2. The zero-order valence-electron chi connectivity index (χ0n) is 10.4. The van der Waals surface area contributed by atoms with Gasteiger partial charge in [-0.2, -0.15) is 5.26 Å². The van der Waals surface area contributed by atoms with Crippen LogP contribution < -0.4 is 0 Å². The second-order valence-corrected chi connectivity index (χ2v) is 4.44. The number of benzene rings is 1. The number of pyridine rings is 1. The van der Waals surface area contributed by atoms with E-state index < -0.39 is 0 Å². The first-order valence-electron chi connectivity index (χ1n) is 6.00. The van der Waals surface area contributed by atoms with Crippen LogP contribution in [0.5, 0.6) is 5.75 Å². The fourth-order valence-corrected chi connectivity index (χ4v) is 2.24. The summed E-state index contributed by atoms with van der Waals surface area (Å²) in [5.41, 5.74) is 1.56. The number of halogens is 1. The van der Waals surface area contributed by atoms with Gasteiger partial charge in [0.1, 0.15) is 17.6 Å². The molecule has 98 valence electrons. The monoisotopic (exact) mass is 267 g/mol. The second-order valence-electron chi connectivity index (χ2n) is 4.44. The Kier molecular flexibility index (Phi) is 2.84. The number of nitrogens with zero attached hydrogens (tertiary/aromatic N) is 3. The van der Waals surface area contributed by atoms with E-state index in [2.05, 4.69) is 4.98 Å². The molecule has 0 saturated heterocycles. The van der Waals surface area contributed by atoms with Gasteiger partial charge in [-0.25, -0.2) is 9.37 Å². The molecule has 0 aliphatic rings. The molecule has 2 heterocycles. The first-order chi connectivity index (χ1) is 9.69. The summed E-state index contributed by atoms with van der Waals surface area (Å²) in [7, 11) is 0. The molecule has 0 aliphatic heterocycles. The van der Waals surface area contributed by atoms with Gasteiger partial charge in [-0.15, -0.1) is 0 Å². The number of fused-ring (bicyclic) bond motifs is 1. The molecule has 0 fully saturated rings. The number of rotatable bonds is 2. The molecule has 0 saturated carbocycles. The lowest BCUT2D eigenvalue weighted by Gasteiger charge is -2.07. The van der Waals surface area contributed by atoms with Gasteiger partial charge >= 0.3 is 0 Å². The molecule has 0 aliphatic carbocycles. The summed E-state index contributed by atoms with van der Waals surface area (Å²) in [5, 5.41) is 19.4. The van der Waals surface area contributed by atoms with Crippen LogP contribution in [0.15, 0.2) is 42.7 Å².